The Labute approximate surface area is 176 Å². The molecule has 2 aromatic rings. The summed E-state index contributed by atoms with van der Waals surface area (Å²) in [6.45, 7) is 5.48. The molecule has 30 heavy (non-hydrogen) atoms. The van der Waals surface area contributed by atoms with Crippen LogP contribution in [0.2, 0.25) is 0 Å². The number of halogens is 1. The smallest absolute Gasteiger partial charge is 0.255 e. The van der Waals surface area contributed by atoms with E-state index in [9.17, 15) is 17.6 Å². The fourth-order valence-electron chi connectivity index (χ4n) is 3.55. The molecule has 6 nitrogen and oxygen atoms in total. The van der Waals surface area contributed by atoms with Gasteiger partial charge in [0.1, 0.15) is 5.82 Å². The number of nitrogens with one attached hydrogen (secondary N) is 2. The second-order valence-electron chi connectivity index (χ2n) is 7.73. The molecule has 1 aliphatic rings. The first kappa shape index (κ1) is 22.4. The summed E-state index contributed by atoms with van der Waals surface area (Å²) >= 11 is 0. The van der Waals surface area contributed by atoms with E-state index in [2.05, 4.69) is 17.0 Å². The minimum Gasteiger partial charge on any atom is -0.381 e. The van der Waals surface area contributed by atoms with E-state index in [1.165, 1.54) is 42.5 Å². The quantitative estimate of drug-likeness (QED) is 0.696. The molecule has 0 aromatic heterocycles. The van der Waals surface area contributed by atoms with Gasteiger partial charge in [0.05, 0.1) is 4.90 Å². The highest BCUT2D eigenvalue weighted by atomic mass is 32.2. The van der Waals surface area contributed by atoms with E-state index in [0.717, 1.165) is 12.8 Å². The Balaban J connectivity index is 1.64. The maximum Gasteiger partial charge on any atom is 0.255 e. The Hall–Kier alpha value is -2.29. The number of rotatable bonds is 7. The highest BCUT2D eigenvalue weighted by molar-refractivity contribution is 7.89. The van der Waals surface area contributed by atoms with Crippen LogP contribution in [0.25, 0.3) is 0 Å². The molecule has 1 saturated heterocycles. The highest BCUT2D eigenvalue weighted by Gasteiger charge is 2.23. The van der Waals surface area contributed by atoms with Crippen molar-refractivity contribution in [1.82, 2.24) is 4.72 Å². The molecule has 0 radical (unpaired) electrons. The summed E-state index contributed by atoms with van der Waals surface area (Å²) in [5.41, 5.74) is 1.06. The third-order valence-electron chi connectivity index (χ3n) is 5.45. The van der Waals surface area contributed by atoms with E-state index in [1.807, 2.05) is 0 Å². The van der Waals surface area contributed by atoms with E-state index < -0.39 is 15.9 Å². The summed E-state index contributed by atoms with van der Waals surface area (Å²) in [5, 5.41) is 2.66. The number of hydrogen-bond donors (Lipinski definition) is 2. The lowest BCUT2D eigenvalue weighted by Crippen LogP contribution is -2.31. The number of hydrogen-bond acceptors (Lipinski definition) is 4. The number of sulfonamides is 1. The minimum absolute atomic E-state index is 0.0328. The molecule has 0 bridgehead atoms. The zero-order valence-corrected chi connectivity index (χ0v) is 18.0. The number of amides is 1. The number of ether oxygens (including phenoxy) is 1. The maximum atomic E-state index is 13.4. The van der Waals surface area contributed by atoms with Gasteiger partial charge in [-0.05, 0) is 73.6 Å². The standard InChI is InChI=1S/C22H27FN2O4S/c1-15-12-19(6-7-21(15)23)25-22(26)18-4-3-5-20(13-18)30(27,28)24-10-8-17-9-11-29-14-16(17)2/h3-7,12-13,16-17,24H,8-11,14H2,1-2H3,(H,25,26). The fourth-order valence-corrected chi connectivity index (χ4v) is 4.64. The van der Waals surface area contributed by atoms with Gasteiger partial charge < -0.3 is 10.1 Å². The second kappa shape index (κ2) is 9.68. The van der Waals surface area contributed by atoms with Crippen LogP contribution in [0, 0.1) is 24.6 Å². The molecular formula is C22H27FN2O4S. The Morgan fingerprint density at radius 1 is 1.23 bits per heavy atom. The number of benzene rings is 2. The molecule has 1 aliphatic heterocycles. The summed E-state index contributed by atoms with van der Waals surface area (Å²) in [4.78, 5) is 12.5. The van der Waals surface area contributed by atoms with Gasteiger partial charge in [-0.2, -0.15) is 0 Å². The Kier molecular flexibility index (Phi) is 7.23. The van der Waals surface area contributed by atoms with E-state index in [4.69, 9.17) is 4.74 Å². The molecule has 2 N–H and O–H groups in total. The first-order valence-corrected chi connectivity index (χ1v) is 11.5. The van der Waals surface area contributed by atoms with Gasteiger partial charge in [0.25, 0.3) is 5.91 Å². The van der Waals surface area contributed by atoms with Gasteiger partial charge in [-0.1, -0.05) is 13.0 Å². The van der Waals surface area contributed by atoms with Crippen LogP contribution >= 0.6 is 0 Å². The van der Waals surface area contributed by atoms with Crippen LogP contribution in [0.1, 0.15) is 35.7 Å². The maximum absolute atomic E-state index is 13.4. The fraction of sp³-hybridized carbons (Fsp3) is 0.409. The molecule has 1 fully saturated rings. The summed E-state index contributed by atoms with van der Waals surface area (Å²) in [6.07, 6.45) is 1.68. The lowest BCUT2D eigenvalue weighted by molar-refractivity contribution is 0.0221. The number of carbonyl (C=O) groups is 1. The molecular weight excluding hydrogens is 407 g/mol. The SMILES string of the molecule is Cc1cc(NC(=O)c2cccc(S(=O)(=O)NCCC3CCOCC3C)c2)ccc1F. The average Bonchev–Trinajstić information content (AvgIpc) is 2.72. The molecule has 2 aromatic carbocycles. The summed E-state index contributed by atoms with van der Waals surface area (Å²) in [5.74, 6) is 0.0134. The van der Waals surface area contributed by atoms with Crippen molar-refractivity contribution >= 4 is 21.6 Å². The van der Waals surface area contributed by atoms with Gasteiger partial charge in [-0.15, -0.1) is 0 Å². The van der Waals surface area contributed by atoms with Crippen LogP contribution in [0.5, 0.6) is 0 Å². The van der Waals surface area contributed by atoms with Crippen LogP contribution in [0.3, 0.4) is 0 Å². The Morgan fingerprint density at radius 3 is 2.77 bits per heavy atom. The molecule has 2 atom stereocenters. The van der Waals surface area contributed by atoms with Crippen molar-refractivity contribution in [3.8, 4) is 0 Å². The van der Waals surface area contributed by atoms with Crippen LogP contribution in [0.15, 0.2) is 47.4 Å². The van der Waals surface area contributed by atoms with E-state index in [-0.39, 0.29) is 16.3 Å². The van der Waals surface area contributed by atoms with Crippen LogP contribution < -0.4 is 10.0 Å². The van der Waals surface area contributed by atoms with Crippen molar-refractivity contribution in [2.24, 2.45) is 11.8 Å². The minimum atomic E-state index is -3.73. The van der Waals surface area contributed by atoms with Crippen molar-refractivity contribution in [3.05, 3.63) is 59.4 Å². The third-order valence-corrected chi connectivity index (χ3v) is 6.91. The lowest BCUT2D eigenvalue weighted by atomic mass is 9.87. The van der Waals surface area contributed by atoms with Crippen LogP contribution in [0.4, 0.5) is 10.1 Å². The molecule has 162 valence electrons. The zero-order valence-electron chi connectivity index (χ0n) is 17.2. The van der Waals surface area contributed by atoms with Crippen LogP contribution in [-0.4, -0.2) is 34.1 Å². The number of anilines is 1. The van der Waals surface area contributed by atoms with Crippen molar-refractivity contribution in [1.29, 1.82) is 0 Å². The first-order chi connectivity index (χ1) is 14.3. The van der Waals surface area contributed by atoms with Gasteiger partial charge in [0.2, 0.25) is 10.0 Å². The molecule has 0 spiro atoms. The molecule has 1 heterocycles. The van der Waals surface area contributed by atoms with Gasteiger partial charge in [-0.25, -0.2) is 17.5 Å². The third kappa shape index (κ3) is 5.65. The Morgan fingerprint density at radius 2 is 2.03 bits per heavy atom. The number of aryl methyl sites for hydroxylation is 1. The van der Waals surface area contributed by atoms with Gasteiger partial charge >= 0.3 is 0 Å². The van der Waals surface area contributed by atoms with E-state index >= 15 is 0 Å². The average molecular weight is 435 g/mol. The summed E-state index contributed by atoms with van der Waals surface area (Å²) in [6, 6.07) is 10.1. The molecule has 1 amide bonds. The Bertz CT molecular complexity index is 1010. The van der Waals surface area contributed by atoms with Crippen molar-refractivity contribution in [2.75, 3.05) is 25.1 Å². The highest BCUT2D eigenvalue weighted by Crippen LogP contribution is 2.24. The predicted molar refractivity (Wildman–Crippen MR) is 113 cm³/mol. The van der Waals surface area contributed by atoms with E-state index in [0.29, 0.717) is 42.8 Å². The lowest BCUT2D eigenvalue weighted by Gasteiger charge is -2.28. The van der Waals surface area contributed by atoms with Crippen molar-refractivity contribution in [2.45, 2.75) is 31.6 Å². The van der Waals surface area contributed by atoms with Crippen LogP contribution in [-0.2, 0) is 14.8 Å². The molecule has 2 unspecified atom stereocenters. The zero-order chi connectivity index (χ0) is 21.7. The summed E-state index contributed by atoms with van der Waals surface area (Å²) < 4.78 is 46.8. The largest absolute Gasteiger partial charge is 0.381 e. The van der Waals surface area contributed by atoms with Gasteiger partial charge in [0.15, 0.2) is 0 Å². The van der Waals surface area contributed by atoms with Crippen molar-refractivity contribution in [3.63, 3.8) is 0 Å². The predicted octanol–water partition coefficient (Wildman–Crippen LogP) is 3.73. The first-order valence-electron chi connectivity index (χ1n) is 10.0. The topological polar surface area (TPSA) is 84.5 Å². The number of carbonyl (C=O) groups excluding carboxylic acids is 1. The van der Waals surface area contributed by atoms with E-state index in [1.54, 1.807) is 6.92 Å². The van der Waals surface area contributed by atoms with Crippen molar-refractivity contribution < 1.29 is 22.3 Å². The second-order valence-corrected chi connectivity index (χ2v) is 9.50. The molecule has 8 heteroatoms. The van der Waals surface area contributed by atoms with Gasteiger partial charge in [-0.3, -0.25) is 4.79 Å². The summed E-state index contributed by atoms with van der Waals surface area (Å²) in [7, 11) is -3.73. The normalized spacial score (nSPS) is 19.4. The monoisotopic (exact) mass is 434 g/mol. The molecule has 3 rings (SSSR count). The molecule has 0 aliphatic carbocycles. The van der Waals surface area contributed by atoms with Gasteiger partial charge in [0, 0.05) is 31.0 Å². The molecule has 0 saturated carbocycles.